The van der Waals surface area contributed by atoms with Crippen molar-refractivity contribution < 1.29 is 4.74 Å². The quantitative estimate of drug-likeness (QED) is 0.917. The number of ether oxygens (including phenoxy) is 1. The lowest BCUT2D eigenvalue weighted by Gasteiger charge is -2.10. The van der Waals surface area contributed by atoms with E-state index >= 15 is 0 Å². The Kier molecular flexibility index (Phi) is 3.90. The average Bonchev–Trinajstić information content (AvgIpc) is 2.66. The van der Waals surface area contributed by atoms with E-state index in [1.165, 1.54) is 5.56 Å². The van der Waals surface area contributed by atoms with Gasteiger partial charge in [-0.25, -0.2) is 4.68 Å². The fraction of sp³-hybridized carbons (Fsp3) is 0.400. The van der Waals surface area contributed by atoms with Crippen molar-refractivity contribution >= 4 is 0 Å². The van der Waals surface area contributed by atoms with E-state index in [1.807, 2.05) is 42.8 Å². The minimum Gasteiger partial charge on any atom is -0.494 e. The van der Waals surface area contributed by atoms with Crippen LogP contribution in [0.4, 0.5) is 0 Å². The number of nitrogens with zero attached hydrogens (tertiary/aromatic N) is 2. The van der Waals surface area contributed by atoms with Crippen LogP contribution in [-0.4, -0.2) is 22.9 Å². The van der Waals surface area contributed by atoms with Crippen LogP contribution in [0.1, 0.15) is 23.9 Å². The van der Waals surface area contributed by atoms with Gasteiger partial charge >= 0.3 is 0 Å². The van der Waals surface area contributed by atoms with E-state index < -0.39 is 0 Å². The van der Waals surface area contributed by atoms with E-state index in [1.54, 1.807) is 7.11 Å². The minimum atomic E-state index is 0.132. The molecule has 1 atom stereocenters. The van der Waals surface area contributed by atoms with Crippen LogP contribution >= 0.6 is 0 Å². The SMILES string of the molecule is COc1ccccc1-n1nc(C)c(CC(C)N)c1C. The summed E-state index contributed by atoms with van der Waals surface area (Å²) in [5.74, 6) is 0.820. The van der Waals surface area contributed by atoms with Gasteiger partial charge in [0.05, 0.1) is 12.8 Å². The number of rotatable bonds is 4. The number of nitrogens with two attached hydrogens (primary N) is 1. The van der Waals surface area contributed by atoms with Crippen molar-refractivity contribution in [3.63, 3.8) is 0 Å². The lowest BCUT2D eigenvalue weighted by atomic mass is 10.1. The molecule has 1 heterocycles. The second-order valence-corrected chi connectivity index (χ2v) is 4.91. The number of benzene rings is 1. The van der Waals surface area contributed by atoms with E-state index in [0.717, 1.165) is 29.2 Å². The predicted octanol–water partition coefficient (Wildman–Crippen LogP) is 2.39. The number of methoxy groups -OCH3 is 1. The monoisotopic (exact) mass is 259 g/mol. The van der Waals surface area contributed by atoms with Crippen LogP contribution in [0.3, 0.4) is 0 Å². The summed E-state index contributed by atoms with van der Waals surface area (Å²) in [6.45, 7) is 6.11. The van der Waals surface area contributed by atoms with Crippen LogP contribution in [-0.2, 0) is 6.42 Å². The van der Waals surface area contributed by atoms with E-state index in [0.29, 0.717) is 0 Å². The summed E-state index contributed by atoms with van der Waals surface area (Å²) >= 11 is 0. The number of aromatic nitrogens is 2. The number of hydrogen-bond donors (Lipinski definition) is 1. The smallest absolute Gasteiger partial charge is 0.144 e. The second kappa shape index (κ2) is 5.45. The second-order valence-electron chi connectivity index (χ2n) is 4.91. The van der Waals surface area contributed by atoms with E-state index in [9.17, 15) is 0 Å². The molecule has 0 bridgehead atoms. The zero-order chi connectivity index (χ0) is 14.0. The molecule has 0 saturated heterocycles. The summed E-state index contributed by atoms with van der Waals surface area (Å²) in [5, 5.41) is 4.62. The van der Waals surface area contributed by atoms with E-state index in [4.69, 9.17) is 10.5 Å². The first-order chi connectivity index (χ1) is 9.04. The van der Waals surface area contributed by atoms with Gasteiger partial charge in [0.1, 0.15) is 11.4 Å². The Bertz CT molecular complexity index is 573. The minimum absolute atomic E-state index is 0.132. The zero-order valence-corrected chi connectivity index (χ0v) is 12.0. The number of hydrogen-bond acceptors (Lipinski definition) is 3. The highest BCUT2D eigenvalue weighted by atomic mass is 16.5. The molecule has 0 amide bonds. The van der Waals surface area contributed by atoms with Crippen molar-refractivity contribution in [2.75, 3.05) is 7.11 Å². The highest BCUT2D eigenvalue weighted by Gasteiger charge is 2.15. The molecule has 2 aromatic rings. The van der Waals surface area contributed by atoms with Gasteiger partial charge in [0, 0.05) is 11.7 Å². The number of aryl methyl sites for hydroxylation is 1. The summed E-state index contributed by atoms with van der Waals surface area (Å²) in [6.07, 6.45) is 0.840. The topological polar surface area (TPSA) is 53.1 Å². The molecule has 4 nitrogen and oxygen atoms in total. The highest BCUT2D eigenvalue weighted by Crippen LogP contribution is 2.25. The van der Waals surface area contributed by atoms with Crippen molar-refractivity contribution in [3.8, 4) is 11.4 Å². The highest BCUT2D eigenvalue weighted by molar-refractivity contribution is 5.48. The Morgan fingerprint density at radius 1 is 1.32 bits per heavy atom. The Balaban J connectivity index is 2.52. The molecule has 1 aromatic carbocycles. The van der Waals surface area contributed by atoms with Crippen molar-refractivity contribution in [2.24, 2.45) is 5.73 Å². The van der Waals surface area contributed by atoms with Crippen molar-refractivity contribution in [1.82, 2.24) is 9.78 Å². The summed E-state index contributed by atoms with van der Waals surface area (Å²) in [5.41, 5.74) is 10.2. The maximum absolute atomic E-state index is 5.90. The molecular weight excluding hydrogens is 238 g/mol. The van der Waals surface area contributed by atoms with Crippen molar-refractivity contribution in [2.45, 2.75) is 33.2 Å². The summed E-state index contributed by atoms with van der Waals surface area (Å²) < 4.78 is 7.34. The Morgan fingerprint density at radius 2 is 2.00 bits per heavy atom. The maximum atomic E-state index is 5.90. The van der Waals surface area contributed by atoms with Crippen molar-refractivity contribution in [3.05, 3.63) is 41.2 Å². The first-order valence-corrected chi connectivity index (χ1v) is 6.48. The molecule has 102 valence electrons. The molecular formula is C15H21N3O. The molecule has 2 rings (SSSR count). The molecule has 0 aliphatic rings. The molecule has 0 aliphatic heterocycles. The van der Waals surface area contributed by atoms with Crippen LogP contribution < -0.4 is 10.5 Å². The van der Waals surface area contributed by atoms with Gasteiger partial charge in [0.15, 0.2) is 0 Å². The molecule has 4 heteroatoms. The van der Waals surface area contributed by atoms with Crippen LogP contribution in [0.15, 0.2) is 24.3 Å². The summed E-state index contributed by atoms with van der Waals surface area (Å²) in [7, 11) is 1.67. The summed E-state index contributed by atoms with van der Waals surface area (Å²) in [6, 6.07) is 8.02. The van der Waals surface area contributed by atoms with Gasteiger partial charge in [-0.05, 0) is 44.9 Å². The maximum Gasteiger partial charge on any atom is 0.144 e. The van der Waals surface area contributed by atoms with Gasteiger partial charge in [0.2, 0.25) is 0 Å². The van der Waals surface area contributed by atoms with E-state index in [-0.39, 0.29) is 6.04 Å². The largest absolute Gasteiger partial charge is 0.494 e. The van der Waals surface area contributed by atoms with Gasteiger partial charge < -0.3 is 10.5 Å². The van der Waals surface area contributed by atoms with Gasteiger partial charge in [0.25, 0.3) is 0 Å². The molecule has 0 aliphatic carbocycles. The Hall–Kier alpha value is -1.81. The first-order valence-electron chi connectivity index (χ1n) is 6.48. The van der Waals surface area contributed by atoms with Crippen LogP contribution in [0, 0.1) is 13.8 Å². The molecule has 0 saturated carbocycles. The standard InChI is InChI=1S/C15H21N3O/c1-10(16)9-13-11(2)17-18(12(13)3)14-7-5-6-8-15(14)19-4/h5-8,10H,9,16H2,1-4H3. The fourth-order valence-corrected chi connectivity index (χ4v) is 2.33. The molecule has 2 N–H and O–H groups in total. The Morgan fingerprint density at radius 3 is 2.63 bits per heavy atom. The van der Waals surface area contributed by atoms with Gasteiger partial charge in [-0.1, -0.05) is 12.1 Å². The average molecular weight is 259 g/mol. The van der Waals surface area contributed by atoms with Crippen LogP contribution in [0.2, 0.25) is 0 Å². The van der Waals surface area contributed by atoms with Crippen LogP contribution in [0.5, 0.6) is 5.75 Å². The molecule has 0 fully saturated rings. The predicted molar refractivity (Wildman–Crippen MR) is 76.9 cm³/mol. The Labute approximate surface area is 114 Å². The molecule has 1 unspecified atom stereocenters. The molecule has 0 spiro atoms. The number of para-hydroxylation sites is 2. The first kappa shape index (κ1) is 13.6. The lowest BCUT2D eigenvalue weighted by Crippen LogP contribution is -2.18. The molecule has 19 heavy (non-hydrogen) atoms. The van der Waals surface area contributed by atoms with E-state index in [2.05, 4.69) is 12.0 Å². The third-order valence-electron chi connectivity index (χ3n) is 3.28. The third kappa shape index (κ3) is 2.63. The molecule has 1 aromatic heterocycles. The van der Waals surface area contributed by atoms with Gasteiger partial charge in [-0.15, -0.1) is 0 Å². The third-order valence-corrected chi connectivity index (χ3v) is 3.28. The van der Waals surface area contributed by atoms with Crippen LogP contribution in [0.25, 0.3) is 5.69 Å². The normalized spacial score (nSPS) is 12.5. The van der Waals surface area contributed by atoms with Crippen molar-refractivity contribution in [1.29, 1.82) is 0 Å². The van der Waals surface area contributed by atoms with Gasteiger partial charge in [-0.3, -0.25) is 0 Å². The zero-order valence-electron chi connectivity index (χ0n) is 12.0. The summed E-state index contributed by atoms with van der Waals surface area (Å²) in [4.78, 5) is 0. The van der Waals surface area contributed by atoms with Gasteiger partial charge in [-0.2, -0.15) is 5.10 Å². The lowest BCUT2D eigenvalue weighted by molar-refractivity contribution is 0.411. The molecule has 0 radical (unpaired) electrons. The fourth-order valence-electron chi connectivity index (χ4n) is 2.33.